The zero-order chi connectivity index (χ0) is 24.2. The topological polar surface area (TPSA) is 87.6 Å². The molecule has 0 bridgehead atoms. The number of H-pyrrole nitrogens is 1. The molecule has 3 heterocycles. The summed E-state index contributed by atoms with van der Waals surface area (Å²) in [6.45, 7) is 3.14. The molecule has 1 aromatic heterocycles. The van der Waals surface area contributed by atoms with Gasteiger partial charge in [-0.05, 0) is 24.0 Å². The van der Waals surface area contributed by atoms with Crippen molar-refractivity contribution < 1.29 is 9.53 Å². The normalized spacial score (nSPS) is 18.8. The van der Waals surface area contributed by atoms with Crippen molar-refractivity contribution >= 4 is 5.91 Å². The number of piperazine rings is 1. The SMILES string of the molecule is O=C(c1c[nH]c(=O)n(CC2CCCO2)c1=O)N1CCN(C(c2ccccc2)c2ccccc2)CC1. The van der Waals surface area contributed by atoms with Crippen molar-refractivity contribution in [3.63, 3.8) is 0 Å². The van der Waals surface area contributed by atoms with E-state index in [1.807, 2.05) is 36.4 Å². The Morgan fingerprint density at radius 3 is 2.14 bits per heavy atom. The van der Waals surface area contributed by atoms with Crippen LogP contribution in [0.1, 0.15) is 40.4 Å². The molecule has 2 aliphatic rings. The van der Waals surface area contributed by atoms with E-state index in [-0.39, 0.29) is 30.2 Å². The Bertz CT molecular complexity index is 1220. The van der Waals surface area contributed by atoms with Crippen LogP contribution in [0.4, 0.5) is 0 Å². The van der Waals surface area contributed by atoms with E-state index in [0.29, 0.717) is 32.8 Å². The van der Waals surface area contributed by atoms with Crippen molar-refractivity contribution in [1.29, 1.82) is 0 Å². The molecule has 0 spiro atoms. The van der Waals surface area contributed by atoms with E-state index in [1.165, 1.54) is 17.3 Å². The summed E-state index contributed by atoms with van der Waals surface area (Å²) < 4.78 is 6.67. The summed E-state index contributed by atoms with van der Waals surface area (Å²) in [6, 6.07) is 20.8. The number of hydrogen-bond donors (Lipinski definition) is 1. The van der Waals surface area contributed by atoms with Gasteiger partial charge in [0.1, 0.15) is 5.56 Å². The first kappa shape index (κ1) is 23.3. The summed E-state index contributed by atoms with van der Waals surface area (Å²) in [4.78, 5) is 45.2. The van der Waals surface area contributed by atoms with Crippen LogP contribution in [0.2, 0.25) is 0 Å². The van der Waals surface area contributed by atoms with Crippen LogP contribution in [0.5, 0.6) is 0 Å². The van der Waals surface area contributed by atoms with E-state index in [9.17, 15) is 14.4 Å². The van der Waals surface area contributed by atoms with Crippen LogP contribution in [-0.2, 0) is 11.3 Å². The molecule has 182 valence electrons. The molecule has 3 aromatic rings. The molecule has 1 atom stereocenters. The molecule has 2 saturated heterocycles. The molecule has 35 heavy (non-hydrogen) atoms. The third kappa shape index (κ3) is 4.99. The number of benzene rings is 2. The van der Waals surface area contributed by atoms with Crippen LogP contribution < -0.4 is 11.2 Å². The summed E-state index contributed by atoms with van der Waals surface area (Å²) in [5, 5.41) is 0. The van der Waals surface area contributed by atoms with E-state index in [0.717, 1.165) is 17.4 Å². The Morgan fingerprint density at radius 2 is 1.57 bits per heavy atom. The lowest BCUT2D eigenvalue weighted by Gasteiger charge is -2.39. The molecular weight excluding hydrogens is 444 g/mol. The zero-order valence-electron chi connectivity index (χ0n) is 19.6. The van der Waals surface area contributed by atoms with Crippen LogP contribution in [0.15, 0.2) is 76.4 Å². The monoisotopic (exact) mass is 474 g/mol. The van der Waals surface area contributed by atoms with Gasteiger partial charge in [-0.2, -0.15) is 0 Å². The van der Waals surface area contributed by atoms with Crippen LogP contribution >= 0.6 is 0 Å². The third-order valence-corrected chi connectivity index (χ3v) is 6.90. The van der Waals surface area contributed by atoms with Crippen molar-refractivity contribution in [2.24, 2.45) is 0 Å². The number of carbonyl (C=O) groups excluding carboxylic acids is 1. The van der Waals surface area contributed by atoms with E-state index >= 15 is 0 Å². The summed E-state index contributed by atoms with van der Waals surface area (Å²) in [6.07, 6.45) is 2.79. The smallest absolute Gasteiger partial charge is 0.328 e. The van der Waals surface area contributed by atoms with Gasteiger partial charge >= 0.3 is 5.69 Å². The maximum absolute atomic E-state index is 13.3. The number of rotatable bonds is 6. The average molecular weight is 475 g/mol. The lowest BCUT2D eigenvalue weighted by molar-refractivity contribution is 0.0592. The summed E-state index contributed by atoms with van der Waals surface area (Å²) >= 11 is 0. The summed E-state index contributed by atoms with van der Waals surface area (Å²) in [5.41, 5.74) is 1.34. The van der Waals surface area contributed by atoms with Gasteiger partial charge in [0.25, 0.3) is 11.5 Å². The number of amides is 1. The minimum absolute atomic E-state index is 0.00119. The maximum Gasteiger partial charge on any atom is 0.328 e. The van der Waals surface area contributed by atoms with Gasteiger partial charge in [0.2, 0.25) is 0 Å². The summed E-state index contributed by atoms with van der Waals surface area (Å²) in [7, 11) is 0. The van der Waals surface area contributed by atoms with Gasteiger partial charge in [-0.25, -0.2) is 4.79 Å². The molecule has 1 unspecified atom stereocenters. The van der Waals surface area contributed by atoms with Crippen LogP contribution in [-0.4, -0.2) is 64.1 Å². The Balaban J connectivity index is 1.32. The highest BCUT2D eigenvalue weighted by Crippen LogP contribution is 2.29. The standard InChI is InChI=1S/C27H30N4O4/c32-25(23-18-28-27(34)31(26(23)33)19-22-12-7-17-35-22)30-15-13-29(14-16-30)24(20-8-3-1-4-9-20)21-10-5-2-6-11-21/h1-6,8-11,18,22,24H,7,12-17,19H2,(H,28,34). The van der Waals surface area contributed by atoms with Crippen molar-refractivity contribution in [2.45, 2.75) is 31.5 Å². The van der Waals surface area contributed by atoms with Gasteiger partial charge in [0.05, 0.1) is 18.7 Å². The van der Waals surface area contributed by atoms with Crippen LogP contribution in [0, 0.1) is 0 Å². The quantitative estimate of drug-likeness (QED) is 0.592. The zero-order valence-corrected chi connectivity index (χ0v) is 19.6. The number of ether oxygens (including phenoxy) is 1. The van der Waals surface area contributed by atoms with Crippen molar-refractivity contribution in [3.8, 4) is 0 Å². The van der Waals surface area contributed by atoms with Gasteiger partial charge in [0, 0.05) is 39.0 Å². The fourth-order valence-corrected chi connectivity index (χ4v) is 5.06. The molecule has 0 saturated carbocycles. The number of aromatic nitrogens is 2. The van der Waals surface area contributed by atoms with E-state index < -0.39 is 11.2 Å². The largest absolute Gasteiger partial charge is 0.376 e. The van der Waals surface area contributed by atoms with Gasteiger partial charge in [-0.3, -0.25) is 19.1 Å². The first-order valence-corrected chi connectivity index (χ1v) is 12.2. The van der Waals surface area contributed by atoms with E-state index in [2.05, 4.69) is 34.1 Å². The Labute approximate surface area is 203 Å². The number of aromatic amines is 1. The average Bonchev–Trinajstić information content (AvgIpc) is 3.42. The number of hydrogen-bond acceptors (Lipinski definition) is 5. The van der Waals surface area contributed by atoms with Gasteiger partial charge in [-0.1, -0.05) is 60.7 Å². The Hall–Kier alpha value is -3.49. The lowest BCUT2D eigenvalue weighted by atomic mass is 9.96. The highest BCUT2D eigenvalue weighted by atomic mass is 16.5. The molecule has 0 radical (unpaired) electrons. The van der Waals surface area contributed by atoms with Crippen molar-refractivity contribution in [2.75, 3.05) is 32.8 Å². The molecule has 1 amide bonds. The van der Waals surface area contributed by atoms with E-state index in [1.54, 1.807) is 4.90 Å². The molecule has 8 heteroatoms. The third-order valence-electron chi connectivity index (χ3n) is 6.90. The van der Waals surface area contributed by atoms with Crippen LogP contribution in [0.3, 0.4) is 0 Å². The van der Waals surface area contributed by atoms with Gasteiger partial charge in [0.15, 0.2) is 0 Å². The molecule has 8 nitrogen and oxygen atoms in total. The predicted molar refractivity (Wildman–Crippen MR) is 133 cm³/mol. The molecular formula is C27H30N4O4. The minimum atomic E-state index is -0.553. The van der Waals surface area contributed by atoms with Crippen molar-refractivity contribution in [1.82, 2.24) is 19.4 Å². The minimum Gasteiger partial charge on any atom is -0.376 e. The Kier molecular flexibility index (Phi) is 6.92. The second kappa shape index (κ2) is 10.4. The fraction of sp³-hybridized carbons (Fsp3) is 0.370. The predicted octanol–water partition coefficient (Wildman–Crippen LogP) is 2.26. The first-order valence-electron chi connectivity index (χ1n) is 12.2. The number of nitrogens with one attached hydrogen (secondary N) is 1. The molecule has 1 N–H and O–H groups in total. The number of nitrogens with zero attached hydrogens (tertiary/aromatic N) is 3. The second-order valence-electron chi connectivity index (χ2n) is 9.11. The second-order valence-corrected chi connectivity index (χ2v) is 9.11. The summed E-state index contributed by atoms with van der Waals surface area (Å²) in [5.74, 6) is -0.344. The highest BCUT2D eigenvalue weighted by molar-refractivity contribution is 5.93. The first-order chi connectivity index (χ1) is 17.1. The van der Waals surface area contributed by atoms with E-state index in [4.69, 9.17) is 4.74 Å². The Morgan fingerprint density at radius 1 is 0.943 bits per heavy atom. The van der Waals surface area contributed by atoms with Crippen LogP contribution in [0.25, 0.3) is 0 Å². The fourth-order valence-electron chi connectivity index (χ4n) is 5.06. The highest BCUT2D eigenvalue weighted by Gasteiger charge is 2.30. The molecule has 5 rings (SSSR count). The molecule has 2 fully saturated rings. The molecule has 0 aliphatic carbocycles. The molecule has 2 aliphatic heterocycles. The number of carbonyl (C=O) groups is 1. The molecule has 2 aromatic carbocycles. The lowest BCUT2D eigenvalue weighted by Crippen LogP contribution is -2.51. The van der Waals surface area contributed by atoms with Gasteiger partial charge < -0.3 is 14.6 Å². The van der Waals surface area contributed by atoms with Gasteiger partial charge in [-0.15, -0.1) is 0 Å². The van der Waals surface area contributed by atoms with Crippen molar-refractivity contribution in [3.05, 3.63) is 104 Å². The maximum atomic E-state index is 13.3.